The molecule has 98 valence electrons. The molecule has 0 saturated carbocycles. The molecule has 0 unspecified atom stereocenters. The Morgan fingerprint density at radius 3 is 2.58 bits per heavy atom. The zero-order chi connectivity index (χ0) is 13.3. The first kappa shape index (κ1) is 12.1. The van der Waals surface area contributed by atoms with Gasteiger partial charge in [0.15, 0.2) is 5.75 Å². The highest BCUT2D eigenvalue weighted by Gasteiger charge is 2.26. The lowest BCUT2D eigenvalue weighted by atomic mass is 10.0. The van der Waals surface area contributed by atoms with Gasteiger partial charge in [-0.3, -0.25) is 0 Å². The molecular formula is C17H19NO. The Kier molecular flexibility index (Phi) is 2.94. The van der Waals surface area contributed by atoms with Crippen molar-refractivity contribution >= 4 is 5.69 Å². The summed E-state index contributed by atoms with van der Waals surface area (Å²) in [5, 5.41) is 3.47. The molecule has 2 aromatic rings. The third kappa shape index (κ3) is 2.43. The Hall–Kier alpha value is -1.96. The SMILES string of the molecule is CC1(C)CCNc2cccc(-c3ccccc3)c2O1. The molecule has 3 rings (SSSR count). The Bertz CT molecular complexity index is 575. The summed E-state index contributed by atoms with van der Waals surface area (Å²) in [7, 11) is 0. The Balaban J connectivity index is 2.13. The van der Waals surface area contributed by atoms with Gasteiger partial charge in [-0.2, -0.15) is 0 Å². The Morgan fingerprint density at radius 1 is 1.00 bits per heavy atom. The number of hydrogen-bond donors (Lipinski definition) is 1. The highest BCUT2D eigenvalue weighted by Crippen LogP contribution is 2.40. The van der Waals surface area contributed by atoms with Crippen LogP contribution >= 0.6 is 0 Å². The van der Waals surface area contributed by atoms with Crippen molar-refractivity contribution in [3.8, 4) is 16.9 Å². The molecule has 1 N–H and O–H groups in total. The standard InChI is InChI=1S/C17H19NO/c1-17(2)11-12-18-15-10-6-9-14(16(15)19-17)13-7-4-3-5-8-13/h3-10,18H,11-12H2,1-2H3. The van der Waals surface area contributed by atoms with Crippen LogP contribution in [-0.2, 0) is 0 Å². The average molecular weight is 253 g/mol. The van der Waals surface area contributed by atoms with Crippen molar-refractivity contribution in [2.45, 2.75) is 25.9 Å². The van der Waals surface area contributed by atoms with Gasteiger partial charge in [0, 0.05) is 18.5 Å². The predicted molar refractivity (Wildman–Crippen MR) is 79.7 cm³/mol. The predicted octanol–water partition coefficient (Wildman–Crippen LogP) is 4.33. The van der Waals surface area contributed by atoms with E-state index in [2.05, 4.69) is 61.6 Å². The third-order valence-corrected chi connectivity index (χ3v) is 3.52. The number of fused-ring (bicyclic) bond motifs is 1. The summed E-state index contributed by atoms with van der Waals surface area (Å²) in [5.74, 6) is 0.969. The van der Waals surface area contributed by atoms with Crippen molar-refractivity contribution in [2.24, 2.45) is 0 Å². The summed E-state index contributed by atoms with van der Waals surface area (Å²) in [6, 6.07) is 16.7. The molecular weight excluding hydrogens is 234 g/mol. The molecule has 2 aromatic carbocycles. The minimum atomic E-state index is -0.136. The molecule has 0 saturated heterocycles. The van der Waals surface area contributed by atoms with Crippen molar-refractivity contribution in [3.63, 3.8) is 0 Å². The quantitative estimate of drug-likeness (QED) is 0.817. The first-order valence-electron chi connectivity index (χ1n) is 6.77. The summed E-state index contributed by atoms with van der Waals surface area (Å²) < 4.78 is 6.27. The molecule has 0 radical (unpaired) electrons. The number of ether oxygens (including phenoxy) is 1. The van der Waals surface area contributed by atoms with Gasteiger partial charge in [0.2, 0.25) is 0 Å². The fourth-order valence-electron chi connectivity index (χ4n) is 2.46. The maximum atomic E-state index is 6.27. The lowest BCUT2D eigenvalue weighted by Gasteiger charge is -2.25. The van der Waals surface area contributed by atoms with Crippen molar-refractivity contribution < 1.29 is 4.74 Å². The summed E-state index contributed by atoms with van der Waals surface area (Å²) >= 11 is 0. The second kappa shape index (κ2) is 4.61. The van der Waals surface area contributed by atoms with Gasteiger partial charge < -0.3 is 10.1 Å². The minimum absolute atomic E-state index is 0.136. The number of hydrogen-bond acceptors (Lipinski definition) is 2. The summed E-state index contributed by atoms with van der Waals surface area (Å²) in [6.45, 7) is 5.23. The minimum Gasteiger partial charge on any atom is -0.485 e. The second-order valence-electron chi connectivity index (χ2n) is 5.59. The van der Waals surface area contributed by atoms with Crippen molar-refractivity contribution in [2.75, 3.05) is 11.9 Å². The van der Waals surface area contributed by atoms with E-state index in [9.17, 15) is 0 Å². The van der Waals surface area contributed by atoms with E-state index >= 15 is 0 Å². The molecule has 19 heavy (non-hydrogen) atoms. The van der Waals surface area contributed by atoms with E-state index in [4.69, 9.17) is 4.74 Å². The molecule has 1 aliphatic rings. The Morgan fingerprint density at radius 2 is 1.79 bits per heavy atom. The summed E-state index contributed by atoms with van der Waals surface area (Å²) in [6.07, 6.45) is 0.996. The van der Waals surface area contributed by atoms with Crippen LogP contribution in [0.25, 0.3) is 11.1 Å². The van der Waals surface area contributed by atoms with Crippen molar-refractivity contribution in [3.05, 3.63) is 48.5 Å². The first-order valence-corrected chi connectivity index (χ1v) is 6.77. The van der Waals surface area contributed by atoms with Crippen LogP contribution in [0, 0.1) is 0 Å². The van der Waals surface area contributed by atoms with Gasteiger partial charge in [-0.1, -0.05) is 42.5 Å². The van der Waals surface area contributed by atoms with E-state index in [0.717, 1.165) is 30.0 Å². The van der Waals surface area contributed by atoms with Crippen LogP contribution in [0.5, 0.6) is 5.75 Å². The van der Waals surface area contributed by atoms with Gasteiger partial charge >= 0.3 is 0 Å². The van der Waals surface area contributed by atoms with Crippen LogP contribution in [0.1, 0.15) is 20.3 Å². The molecule has 0 spiro atoms. The lowest BCUT2D eigenvalue weighted by Crippen LogP contribution is -2.28. The van der Waals surface area contributed by atoms with Gasteiger partial charge in [0.05, 0.1) is 5.69 Å². The maximum absolute atomic E-state index is 6.27. The maximum Gasteiger partial charge on any atom is 0.151 e. The zero-order valence-electron chi connectivity index (χ0n) is 11.4. The molecule has 2 heteroatoms. The summed E-state index contributed by atoms with van der Waals surface area (Å²) in [4.78, 5) is 0. The lowest BCUT2D eigenvalue weighted by molar-refractivity contribution is 0.109. The van der Waals surface area contributed by atoms with Crippen LogP contribution in [0.2, 0.25) is 0 Å². The molecule has 1 heterocycles. The highest BCUT2D eigenvalue weighted by molar-refractivity contribution is 5.78. The van der Waals surface area contributed by atoms with Crippen LogP contribution in [0.4, 0.5) is 5.69 Å². The van der Waals surface area contributed by atoms with Crippen LogP contribution in [0.3, 0.4) is 0 Å². The molecule has 1 aliphatic heterocycles. The number of para-hydroxylation sites is 1. The zero-order valence-corrected chi connectivity index (χ0v) is 11.4. The van der Waals surface area contributed by atoms with Crippen LogP contribution < -0.4 is 10.1 Å². The first-order chi connectivity index (χ1) is 9.16. The van der Waals surface area contributed by atoms with E-state index in [1.165, 1.54) is 5.56 Å². The fourth-order valence-corrected chi connectivity index (χ4v) is 2.46. The van der Waals surface area contributed by atoms with Crippen LogP contribution in [-0.4, -0.2) is 12.1 Å². The van der Waals surface area contributed by atoms with E-state index in [0.29, 0.717) is 0 Å². The molecule has 0 amide bonds. The normalized spacial score (nSPS) is 16.7. The van der Waals surface area contributed by atoms with E-state index < -0.39 is 0 Å². The fraction of sp³-hybridized carbons (Fsp3) is 0.294. The Labute approximate surface area is 114 Å². The number of rotatable bonds is 1. The molecule has 0 atom stereocenters. The van der Waals surface area contributed by atoms with Crippen LogP contribution in [0.15, 0.2) is 48.5 Å². The van der Waals surface area contributed by atoms with Gasteiger partial charge in [-0.15, -0.1) is 0 Å². The monoisotopic (exact) mass is 253 g/mol. The van der Waals surface area contributed by atoms with Gasteiger partial charge in [0.1, 0.15) is 5.60 Å². The topological polar surface area (TPSA) is 21.3 Å². The smallest absolute Gasteiger partial charge is 0.151 e. The number of anilines is 1. The highest BCUT2D eigenvalue weighted by atomic mass is 16.5. The van der Waals surface area contributed by atoms with E-state index in [-0.39, 0.29) is 5.60 Å². The number of benzene rings is 2. The number of nitrogens with one attached hydrogen (secondary N) is 1. The molecule has 0 aliphatic carbocycles. The molecule has 0 fully saturated rings. The molecule has 2 nitrogen and oxygen atoms in total. The third-order valence-electron chi connectivity index (χ3n) is 3.52. The van der Waals surface area contributed by atoms with Gasteiger partial charge in [-0.05, 0) is 25.5 Å². The van der Waals surface area contributed by atoms with Gasteiger partial charge in [-0.25, -0.2) is 0 Å². The largest absolute Gasteiger partial charge is 0.485 e. The molecule has 0 aromatic heterocycles. The summed E-state index contributed by atoms with van der Waals surface area (Å²) in [5.41, 5.74) is 3.30. The molecule has 0 bridgehead atoms. The van der Waals surface area contributed by atoms with Crippen molar-refractivity contribution in [1.29, 1.82) is 0 Å². The van der Waals surface area contributed by atoms with E-state index in [1.54, 1.807) is 0 Å². The average Bonchev–Trinajstić information content (AvgIpc) is 2.56. The second-order valence-corrected chi connectivity index (χ2v) is 5.59. The van der Waals surface area contributed by atoms with Crippen molar-refractivity contribution in [1.82, 2.24) is 0 Å². The van der Waals surface area contributed by atoms with Gasteiger partial charge in [0.25, 0.3) is 0 Å². The van der Waals surface area contributed by atoms with E-state index in [1.807, 2.05) is 6.07 Å².